The van der Waals surface area contributed by atoms with Crippen molar-refractivity contribution in [3.8, 4) is 0 Å². The molecule has 2 atom stereocenters. The number of esters is 1. The molecule has 14 heavy (non-hydrogen) atoms. The Hall–Kier alpha value is -0.570. The molecule has 0 fully saturated rings. The molecule has 0 unspecified atom stereocenters. The highest BCUT2D eigenvalue weighted by Gasteiger charge is 2.16. The van der Waals surface area contributed by atoms with E-state index in [9.17, 15) is 4.79 Å². The van der Waals surface area contributed by atoms with Crippen molar-refractivity contribution in [2.24, 2.45) is 5.92 Å². The van der Waals surface area contributed by atoms with E-state index in [-0.39, 0.29) is 12.1 Å². The largest absolute Gasteiger partial charge is 0.466 e. The van der Waals surface area contributed by atoms with Crippen LogP contribution in [0.15, 0.2) is 0 Å². The maximum absolute atomic E-state index is 11.2. The Morgan fingerprint density at radius 1 is 1.36 bits per heavy atom. The van der Waals surface area contributed by atoms with Crippen molar-refractivity contribution in [1.82, 2.24) is 0 Å². The lowest BCUT2D eigenvalue weighted by Gasteiger charge is -2.17. The van der Waals surface area contributed by atoms with Crippen LogP contribution in [0.5, 0.6) is 0 Å². The topological polar surface area (TPSA) is 35.5 Å². The molecule has 0 saturated carbocycles. The van der Waals surface area contributed by atoms with Gasteiger partial charge in [0, 0.05) is 7.11 Å². The first-order valence-corrected chi connectivity index (χ1v) is 5.32. The van der Waals surface area contributed by atoms with Gasteiger partial charge in [0.1, 0.15) is 0 Å². The number of carbonyl (C=O) groups excluding carboxylic acids is 1. The summed E-state index contributed by atoms with van der Waals surface area (Å²) in [6.07, 6.45) is 2.41. The van der Waals surface area contributed by atoms with E-state index in [2.05, 4.69) is 13.8 Å². The molecular weight excluding hydrogens is 180 g/mol. The Labute approximate surface area is 86.8 Å². The van der Waals surface area contributed by atoms with Crippen LogP contribution >= 0.6 is 0 Å². The zero-order chi connectivity index (χ0) is 11.0. The van der Waals surface area contributed by atoms with E-state index in [0.717, 1.165) is 12.8 Å². The molecule has 0 bridgehead atoms. The third-order valence-corrected chi connectivity index (χ3v) is 2.40. The van der Waals surface area contributed by atoms with Gasteiger partial charge in [-0.3, -0.25) is 4.79 Å². The van der Waals surface area contributed by atoms with Crippen LogP contribution in [-0.4, -0.2) is 25.8 Å². The average molecular weight is 202 g/mol. The van der Waals surface area contributed by atoms with Crippen molar-refractivity contribution in [2.45, 2.75) is 46.1 Å². The summed E-state index contributed by atoms with van der Waals surface area (Å²) in [4.78, 5) is 11.2. The maximum atomic E-state index is 11.2. The second-order valence-corrected chi connectivity index (χ2v) is 3.62. The summed E-state index contributed by atoms with van der Waals surface area (Å²) in [7, 11) is 1.65. The fraction of sp³-hybridized carbons (Fsp3) is 0.909. The first-order valence-electron chi connectivity index (χ1n) is 5.32. The van der Waals surface area contributed by atoms with Gasteiger partial charge in [-0.15, -0.1) is 0 Å². The number of hydrogen-bond donors (Lipinski definition) is 0. The lowest BCUT2D eigenvalue weighted by Crippen LogP contribution is -2.20. The van der Waals surface area contributed by atoms with Gasteiger partial charge < -0.3 is 9.47 Å². The lowest BCUT2D eigenvalue weighted by atomic mass is 9.99. The zero-order valence-electron chi connectivity index (χ0n) is 9.71. The van der Waals surface area contributed by atoms with E-state index in [0.29, 0.717) is 18.9 Å². The molecule has 0 aromatic heterocycles. The van der Waals surface area contributed by atoms with Crippen molar-refractivity contribution in [3.63, 3.8) is 0 Å². The second kappa shape index (κ2) is 7.80. The molecule has 0 aromatic carbocycles. The first-order chi connectivity index (χ1) is 6.63. The van der Waals surface area contributed by atoms with Crippen LogP contribution in [0, 0.1) is 5.92 Å². The van der Waals surface area contributed by atoms with Crippen molar-refractivity contribution in [3.05, 3.63) is 0 Å². The average Bonchev–Trinajstić information content (AvgIpc) is 2.16. The molecule has 0 rings (SSSR count). The van der Waals surface area contributed by atoms with E-state index in [1.54, 1.807) is 7.11 Å². The van der Waals surface area contributed by atoms with Gasteiger partial charge in [-0.05, 0) is 19.3 Å². The third-order valence-electron chi connectivity index (χ3n) is 2.40. The molecule has 0 spiro atoms. The highest BCUT2D eigenvalue weighted by Crippen LogP contribution is 2.14. The summed E-state index contributed by atoms with van der Waals surface area (Å²) in [6.45, 7) is 6.56. The van der Waals surface area contributed by atoms with Gasteiger partial charge in [0.25, 0.3) is 0 Å². The third kappa shape index (κ3) is 5.97. The Bertz CT molecular complexity index is 157. The number of rotatable bonds is 7. The van der Waals surface area contributed by atoms with Crippen LogP contribution < -0.4 is 0 Å². The lowest BCUT2D eigenvalue weighted by molar-refractivity contribution is -0.146. The summed E-state index contributed by atoms with van der Waals surface area (Å²) in [5.74, 6) is 0.428. The maximum Gasteiger partial charge on any atom is 0.308 e. The molecule has 3 nitrogen and oxygen atoms in total. The molecule has 3 heteroatoms. The number of hydrogen-bond acceptors (Lipinski definition) is 3. The molecule has 0 saturated heterocycles. The fourth-order valence-electron chi connectivity index (χ4n) is 1.28. The second-order valence-electron chi connectivity index (χ2n) is 3.62. The van der Waals surface area contributed by atoms with Gasteiger partial charge in [0.05, 0.1) is 19.1 Å². The normalized spacial score (nSPS) is 14.9. The predicted molar refractivity (Wildman–Crippen MR) is 56.1 cm³/mol. The minimum Gasteiger partial charge on any atom is -0.466 e. The summed E-state index contributed by atoms with van der Waals surface area (Å²) >= 11 is 0. The van der Waals surface area contributed by atoms with Gasteiger partial charge in [0.2, 0.25) is 0 Å². The Balaban J connectivity index is 3.83. The van der Waals surface area contributed by atoms with Crippen LogP contribution in [-0.2, 0) is 14.3 Å². The van der Waals surface area contributed by atoms with Crippen molar-refractivity contribution >= 4 is 5.97 Å². The fourth-order valence-corrected chi connectivity index (χ4v) is 1.28. The van der Waals surface area contributed by atoms with Crippen LogP contribution in [0.3, 0.4) is 0 Å². The molecule has 0 aliphatic rings. The van der Waals surface area contributed by atoms with E-state index in [1.165, 1.54) is 0 Å². The Kier molecular flexibility index (Phi) is 7.48. The van der Waals surface area contributed by atoms with Crippen LogP contribution in [0.4, 0.5) is 0 Å². The molecule has 0 radical (unpaired) electrons. The first kappa shape index (κ1) is 13.4. The Morgan fingerprint density at radius 3 is 2.43 bits per heavy atom. The monoisotopic (exact) mass is 202 g/mol. The molecular formula is C11H22O3. The molecule has 0 N–H and O–H groups in total. The van der Waals surface area contributed by atoms with Crippen LogP contribution in [0.2, 0.25) is 0 Å². The van der Waals surface area contributed by atoms with E-state index in [4.69, 9.17) is 9.47 Å². The van der Waals surface area contributed by atoms with Gasteiger partial charge in [0.15, 0.2) is 0 Å². The van der Waals surface area contributed by atoms with Crippen molar-refractivity contribution in [1.29, 1.82) is 0 Å². The van der Waals surface area contributed by atoms with Gasteiger partial charge in [-0.2, -0.15) is 0 Å². The molecule has 0 aliphatic heterocycles. The minimum atomic E-state index is -0.164. The van der Waals surface area contributed by atoms with Gasteiger partial charge in [-0.25, -0.2) is 0 Å². The summed E-state index contributed by atoms with van der Waals surface area (Å²) in [6, 6.07) is 0. The smallest absolute Gasteiger partial charge is 0.308 e. The van der Waals surface area contributed by atoms with E-state index in [1.807, 2.05) is 6.92 Å². The molecule has 0 heterocycles. The van der Waals surface area contributed by atoms with Crippen molar-refractivity contribution < 1.29 is 14.3 Å². The molecule has 0 amide bonds. The zero-order valence-corrected chi connectivity index (χ0v) is 9.71. The van der Waals surface area contributed by atoms with E-state index < -0.39 is 0 Å². The molecule has 0 aliphatic carbocycles. The van der Waals surface area contributed by atoms with Gasteiger partial charge >= 0.3 is 5.97 Å². The summed E-state index contributed by atoms with van der Waals surface area (Å²) in [5, 5.41) is 0. The van der Waals surface area contributed by atoms with Gasteiger partial charge in [-0.1, -0.05) is 20.3 Å². The molecule has 84 valence electrons. The number of ether oxygens (including phenoxy) is 2. The number of carbonyl (C=O) groups is 1. The number of methoxy groups -OCH3 is 1. The Morgan fingerprint density at radius 2 is 2.00 bits per heavy atom. The van der Waals surface area contributed by atoms with Crippen molar-refractivity contribution in [2.75, 3.05) is 13.7 Å². The standard InChI is InChI=1S/C11H22O3/c1-5-9(3)7-10(13-4)8-11(12)14-6-2/h9-10H,5-8H2,1-4H3/t9-,10-/m0/s1. The quantitative estimate of drug-likeness (QED) is 0.595. The summed E-state index contributed by atoms with van der Waals surface area (Å²) in [5.41, 5.74) is 0. The molecule has 0 aromatic rings. The highest BCUT2D eigenvalue weighted by molar-refractivity contribution is 5.69. The predicted octanol–water partition coefficient (Wildman–Crippen LogP) is 2.39. The minimum absolute atomic E-state index is 0.00370. The van der Waals surface area contributed by atoms with E-state index >= 15 is 0 Å². The summed E-state index contributed by atoms with van der Waals surface area (Å²) < 4.78 is 10.1. The van der Waals surface area contributed by atoms with Crippen LogP contribution in [0.1, 0.15) is 40.0 Å². The SMILES string of the molecule is CCOC(=O)C[C@H](C[C@@H](C)CC)OC. The highest BCUT2D eigenvalue weighted by atomic mass is 16.5. The van der Waals surface area contributed by atoms with Crippen LogP contribution in [0.25, 0.3) is 0 Å².